The van der Waals surface area contributed by atoms with Crippen molar-refractivity contribution in [2.45, 2.75) is 25.8 Å². The van der Waals surface area contributed by atoms with Crippen molar-refractivity contribution in [2.24, 2.45) is 5.92 Å². The van der Waals surface area contributed by atoms with Crippen molar-refractivity contribution in [2.75, 3.05) is 53.3 Å². The van der Waals surface area contributed by atoms with Gasteiger partial charge in [-0.25, -0.2) is 18.7 Å². The number of aryl methyl sites for hydroxylation is 1. The fourth-order valence-electron chi connectivity index (χ4n) is 4.94. The molecule has 1 aromatic carbocycles. The van der Waals surface area contributed by atoms with E-state index in [0.717, 1.165) is 61.3 Å². The molecule has 0 spiro atoms. The highest BCUT2D eigenvalue weighted by atomic mass is 32.2. The van der Waals surface area contributed by atoms with Gasteiger partial charge < -0.3 is 4.90 Å². The van der Waals surface area contributed by atoms with Crippen LogP contribution >= 0.6 is 12.1 Å². The number of halogens is 2. The molecule has 188 valence electrons. The predicted octanol–water partition coefficient (Wildman–Crippen LogP) is 4.64. The third kappa shape index (κ3) is 4.59. The van der Waals surface area contributed by atoms with E-state index in [1.807, 2.05) is 34.0 Å². The molecule has 1 saturated carbocycles. The molecule has 0 radical (unpaired) electrons. The highest BCUT2D eigenvalue weighted by Gasteiger charge is 2.57. The first-order chi connectivity index (χ1) is 17.4. The Balaban J connectivity index is 1.15. The van der Waals surface area contributed by atoms with Crippen LogP contribution in [0.1, 0.15) is 17.5 Å². The van der Waals surface area contributed by atoms with Crippen molar-refractivity contribution in [3.05, 3.63) is 60.0 Å². The molecule has 0 N–H and O–H groups in total. The molecule has 2 aliphatic heterocycles. The number of alkyl halides is 2. The molecular formula is C26H29F2N7S. The van der Waals surface area contributed by atoms with Crippen molar-refractivity contribution in [1.29, 1.82) is 0 Å². The number of piperazine rings is 1. The lowest BCUT2D eigenvalue weighted by atomic mass is 10.0. The van der Waals surface area contributed by atoms with Gasteiger partial charge >= 0.3 is 0 Å². The van der Waals surface area contributed by atoms with E-state index < -0.39 is 11.8 Å². The summed E-state index contributed by atoms with van der Waals surface area (Å²) in [6.45, 7) is 7.12. The van der Waals surface area contributed by atoms with Gasteiger partial charge in [-0.15, -0.1) is 0 Å². The average molecular weight is 510 g/mol. The maximum Gasteiger partial charge on any atom is 0.253 e. The van der Waals surface area contributed by atoms with Crippen molar-refractivity contribution >= 4 is 29.5 Å². The number of aromatic nitrogens is 3. The van der Waals surface area contributed by atoms with Crippen LogP contribution in [0.15, 0.2) is 48.9 Å². The van der Waals surface area contributed by atoms with Gasteiger partial charge in [0, 0.05) is 76.6 Å². The molecule has 4 heterocycles. The molecule has 1 saturated heterocycles. The van der Waals surface area contributed by atoms with Gasteiger partial charge in [0.05, 0.1) is 29.7 Å². The second-order valence-corrected chi connectivity index (χ2v) is 11.0. The van der Waals surface area contributed by atoms with Crippen LogP contribution in [0.4, 0.5) is 26.1 Å². The molecule has 1 aliphatic carbocycles. The number of benzene rings is 1. The second-order valence-electron chi connectivity index (χ2n) is 9.82. The number of hydrogen-bond donors (Lipinski definition) is 0. The Morgan fingerprint density at radius 3 is 2.61 bits per heavy atom. The van der Waals surface area contributed by atoms with E-state index in [-0.39, 0.29) is 6.42 Å². The molecular weight excluding hydrogens is 480 g/mol. The SMILES string of the molecule is Cc1ccc(CN2CCN(c3cnccn3)CC2)cc1-c1ccc2c(n1)N(C)SN2CC1CC1(F)F. The van der Waals surface area contributed by atoms with Gasteiger partial charge in [-0.1, -0.05) is 12.1 Å². The van der Waals surface area contributed by atoms with E-state index >= 15 is 0 Å². The van der Waals surface area contributed by atoms with Gasteiger partial charge in [0.15, 0.2) is 5.82 Å². The van der Waals surface area contributed by atoms with Crippen LogP contribution in [0.2, 0.25) is 0 Å². The molecule has 36 heavy (non-hydrogen) atoms. The molecule has 2 aromatic heterocycles. The summed E-state index contributed by atoms with van der Waals surface area (Å²) < 4.78 is 30.9. The smallest absolute Gasteiger partial charge is 0.253 e. The molecule has 10 heteroatoms. The highest BCUT2D eigenvalue weighted by molar-refractivity contribution is 8.02. The Labute approximate surface area is 214 Å². The molecule has 7 nitrogen and oxygen atoms in total. The molecule has 2 fully saturated rings. The average Bonchev–Trinajstić information content (AvgIpc) is 3.37. The van der Waals surface area contributed by atoms with E-state index in [0.29, 0.717) is 6.54 Å². The van der Waals surface area contributed by atoms with Crippen LogP contribution in [0.25, 0.3) is 11.3 Å². The Morgan fingerprint density at radius 1 is 1.08 bits per heavy atom. The maximum atomic E-state index is 13.5. The minimum absolute atomic E-state index is 0.0178. The number of rotatable bonds is 6. The van der Waals surface area contributed by atoms with Crippen LogP contribution in [0.5, 0.6) is 0 Å². The quantitative estimate of drug-likeness (QED) is 0.446. The van der Waals surface area contributed by atoms with Crippen LogP contribution in [0.3, 0.4) is 0 Å². The second kappa shape index (κ2) is 9.15. The minimum atomic E-state index is -2.52. The molecule has 1 unspecified atom stereocenters. The first kappa shape index (κ1) is 23.4. The first-order valence-electron chi connectivity index (χ1n) is 12.3. The van der Waals surface area contributed by atoms with Gasteiger partial charge in [0.1, 0.15) is 5.82 Å². The standard InChI is InChI=1S/C26H29F2N7S/c1-18-3-4-19(16-33-9-11-34(12-10-33)24-15-29-7-8-30-24)13-21(18)22-5-6-23-25(31-22)32(2)36-35(23)17-20-14-26(20,27)28/h3-8,13,15,20H,9-12,14,16-17H2,1-2H3. The first-order valence-corrected chi connectivity index (χ1v) is 13.0. The normalized spacial score (nSPS) is 21.1. The van der Waals surface area contributed by atoms with Crippen LogP contribution < -0.4 is 13.5 Å². The van der Waals surface area contributed by atoms with Crippen LogP contribution in [-0.4, -0.2) is 65.5 Å². The Morgan fingerprint density at radius 2 is 1.89 bits per heavy atom. The maximum absolute atomic E-state index is 13.5. The topological polar surface area (TPSA) is 51.6 Å². The monoisotopic (exact) mass is 509 g/mol. The summed E-state index contributed by atoms with van der Waals surface area (Å²) in [6.07, 6.45) is 5.24. The van der Waals surface area contributed by atoms with Crippen LogP contribution in [0, 0.1) is 12.8 Å². The van der Waals surface area contributed by atoms with Crippen LogP contribution in [-0.2, 0) is 6.54 Å². The van der Waals surface area contributed by atoms with Crippen molar-refractivity contribution in [3.63, 3.8) is 0 Å². The summed E-state index contributed by atoms with van der Waals surface area (Å²) in [4.78, 5) is 18.3. The van der Waals surface area contributed by atoms with Gasteiger partial charge in [-0.3, -0.25) is 18.5 Å². The zero-order valence-electron chi connectivity index (χ0n) is 20.4. The van der Waals surface area contributed by atoms with E-state index in [1.54, 1.807) is 12.4 Å². The van der Waals surface area contributed by atoms with Crippen molar-refractivity contribution < 1.29 is 8.78 Å². The van der Waals surface area contributed by atoms with E-state index in [1.165, 1.54) is 23.3 Å². The summed E-state index contributed by atoms with van der Waals surface area (Å²) in [5.74, 6) is -1.32. The zero-order chi connectivity index (χ0) is 24.9. The van der Waals surface area contributed by atoms with E-state index in [9.17, 15) is 8.78 Å². The Bertz CT molecular complexity index is 1250. The molecule has 3 aliphatic rings. The molecule has 0 bridgehead atoms. The van der Waals surface area contributed by atoms with Gasteiger partial charge in [0.2, 0.25) is 0 Å². The fraction of sp³-hybridized carbons (Fsp3) is 0.423. The molecule has 3 aromatic rings. The number of fused-ring (bicyclic) bond motifs is 1. The fourth-order valence-corrected chi connectivity index (χ4v) is 5.92. The lowest BCUT2D eigenvalue weighted by Gasteiger charge is -2.35. The zero-order valence-corrected chi connectivity index (χ0v) is 21.3. The van der Waals surface area contributed by atoms with E-state index in [4.69, 9.17) is 4.98 Å². The summed E-state index contributed by atoms with van der Waals surface area (Å²) in [6, 6.07) is 10.6. The number of hydrogen-bond acceptors (Lipinski definition) is 8. The molecule has 6 rings (SSSR count). The molecule has 1 atom stereocenters. The third-order valence-corrected chi connectivity index (χ3v) is 8.18. The third-order valence-electron chi connectivity index (χ3n) is 7.21. The predicted molar refractivity (Wildman–Crippen MR) is 140 cm³/mol. The summed E-state index contributed by atoms with van der Waals surface area (Å²) in [7, 11) is 1.94. The number of nitrogens with zero attached hydrogens (tertiary/aromatic N) is 7. The molecule has 0 amide bonds. The largest absolute Gasteiger partial charge is 0.353 e. The van der Waals surface area contributed by atoms with Gasteiger partial charge in [0.25, 0.3) is 5.92 Å². The summed E-state index contributed by atoms with van der Waals surface area (Å²) >= 11 is 1.45. The van der Waals surface area contributed by atoms with E-state index in [2.05, 4.69) is 44.9 Å². The van der Waals surface area contributed by atoms with Gasteiger partial charge in [-0.2, -0.15) is 0 Å². The van der Waals surface area contributed by atoms with Crippen molar-refractivity contribution in [3.8, 4) is 11.3 Å². The minimum Gasteiger partial charge on any atom is -0.353 e. The Kier molecular flexibility index (Phi) is 5.95. The number of anilines is 3. The lowest BCUT2D eigenvalue weighted by molar-refractivity contribution is 0.101. The summed E-state index contributed by atoms with van der Waals surface area (Å²) in [5, 5.41) is 0. The lowest BCUT2D eigenvalue weighted by Crippen LogP contribution is -2.46. The summed E-state index contributed by atoms with van der Waals surface area (Å²) in [5.41, 5.74) is 5.35. The Hall–Kier alpha value is -2.98. The van der Waals surface area contributed by atoms with Gasteiger partial charge in [-0.05, 0) is 36.2 Å². The van der Waals surface area contributed by atoms with Crippen molar-refractivity contribution in [1.82, 2.24) is 19.9 Å². The number of pyridine rings is 1. The highest BCUT2D eigenvalue weighted by Crippen LogP contribution is 2.52.